The Kier molecular flexibility index (Phi) is 9.92. The van der Waals surface area contributed by atoms with Crippen molar-refractivity contribution >= 4 is 29.6 Å². The van der Waals surface area contributed by atoms with Crippen molar-refractivity contribution in [2.45, 2.75) is 58.2 Å². The molecule has 1 heterocycles. The molecule has 0 aliphatic heterocycles. The van der Waals surface area contributed by atoms with Crippen molar-refractivity contribution in [3.8, 4) is 0 Å². The minimum Gasteiger partial charge on any atom is -0.467 e. The normalized spacial score (nSPS) is 12.8. The lowest BCUT2D eigenvalue weighted by molar-refractivity contribution is -0.151. The maximum atomic E-state index is 12.0. The smallest absolute Gasteiger partial charge is 0.328 e. The van der Waals surface area contributed by atoms with Gasteiger partial charge in [0.05, 0.1) is 7.11 Å². The lowest BCUT2D eigenvalue weighted by atomic mass is 9.99. The second-order valence-electron chi connectivity index (χ2n) is 6.47. The molecule has 0 radical (unpaired) electrons. The summed E-state index contributed by atoms with van der Waals surface area (Å²) in [6.45, 7) is 7.06. The van der Waals surface area contributed by atoms with Crippen LogP contribution in [0.5, 0.6) is 0 Å². The van der Waals surface area contributed by atoms with Crippen molar-refractivity contribution < 1.29 is 23.9 Å². The van der Waals surface area contributed by atoms with Gasteiger partial charge in [-0.25, -0.2) is 14.8 Å². The molecule has 1 N–H and O–H groups in total. The summed E-state index contributed by atoms with van der Waals surface area (Å²) in [5.41, 5.74) is 2.57. The molecule has 0 bridgehead atoms. The largest absolute Gasteiger partial charge is 0.467 e. The van der Waals surface area contributed by atoms with E-state index in [1.807, 2.05) is 34.0 Å². The minimum absolute atomic E-state index is 0.0951. The number of nitrogens with zero attached hydrogens (tertiary/aromatic N) is 2. The average molecular weight is 412 g/mol. The standard InChI is InChI=1S/C19H29N3O5S/c1-7-11(2)17(18(25)26-5)22-15(23)10-27-16(24)9-8-14-12(3)20-19(28-6)21-13(14)4/h11,17H,7-10H2,1-6H3,(H,22,23)/t11-,17-/m0/s1. The summed E-state index contributed by atoms with van der Waals surface area (Å²) in [6.07, 6.45) is 3.14. The van der Waals surface area contributed by atoms with Gasteiger partial charge in [0.15, 0.2) is 11.8 Å². The van der Waals surface area contributed by atoms with Crippen molar-refractivity contribution in [1.29, 1.82) is 0 Å². The fourth-order valence-corrected chi connectivity index (χ4v) is 3.07. The van der Waals surface area contributed by atoms with Gasteiger partial charge in [-0.2, -0.15) is 0 Å². The molecule has 0 saturated heterocycles. The molecule has 0 aliphatic rings. The zero-order valence-electron chi connectivity index (χ0n) is 17.3. The number of hydrogen-bond acceptors (Lipinski definition) is 8. The minimum atomic E-state index is -0.765. The molecule has 0 fully saturated rings. The molecule has 1 aromatic rings. The van der Waals surface area contributed by atoms with Crippen LogP contribution in [0.2, 0.25) is 0 Å². The fraction of sp³-hybridized carbons (Fsp3) is 0.632. The number of rotatable bonds is 10. The Morgan fingerprint density at radius 3 is 2.29 bits per heavy atom. The molecule has 28 heavy (non-hydrogen) atoms. The van der Waals surface area contributed by atoms with E-state index >= 15 is 0 Å². The first kappa shape index (κ1) is 23.9. The molecule has 0 aliphatic carbocycles. The van der Waals surface area contributed by atoms with Crippen molar-refractivity contribution in [3.05, 3.63) is 17.0 Å². The van der Waals surface area contributed by atoms with Gasteiger partial charge >= 0.3 is 11.9 Å². The second kappa shape index (κ2) is 11.6. The van der Waals surface area contributed by atoms with E-state index in [0.717, 1.165) is 17.0 Å². The van der Waals surface area contributed by atoms with Gasteiger partial charge in [0.1, 0.15) is 6.04 Å². The van der Waals surface area contributed by atoms with Gasteiger partial charge in [-0.05, 0) is 38.0 Å². The van der Waals surface area contributed by atoms with Crippen LogP contribution in [0.3, 0.4) is 0 Å². The highest BCUT2D eigenvalue weighted by atomic mass is 32.2. The van der Waals surface area contributed by atoms with Gasteiger partial charge in [-0.15, -0.1) is 0 Å². The zero-order valence-corrected chi connectivity index (χ0v) is 18.1. The van der Waals surface area contributed by atoms with E-state index < -0.39 is 30.5 Å². The van der Waals surface area contributed by atoms with Crippen LogP contribution in [0.1, 0.15) is 43.6 Å². The summed E-state index contributed by atoms with van der Waals surface area (Å²) in [7, 11) is 1.27. The van der Waals surface area contributed by atoms with E-state index in [0.29, 0.717) is 18.0 Å². The number of nitrogens with one attached hydrogen (secondary N) is 1. The summed E-state index contributed by atoms with van der Waals surface area (Å²) in [5, 5.41) is 3.26. The Morgan fingerprint density at radius 1 is 1.18 bits per heavy atom. The third-order valence-electron chi connectivity index (χ3n) is 4.51. The predicted molar refractivity (Wildman–Crippen MR) is 106 cm³/mol. The molecule has 0 spiro atoms. The van der Waals surface area contributed by atoms with Crippen molar-refractivity contribution in [2.24, 2.45) is 5.92 Å². The van der Waals surface area contributed by atoms with Crippen molar-refractivity contribution in [3.63, 3.8) is 0 Å². The highest BCUT2D eigenvalue weighted by Gasteiger charge is 2.27. The van der Waals surface area contributed by atoms with E-state index in [1.165, 1.54) is 18.9 Å². The molecule has 156 valence electrons. The second-order valence-corrected chi connectivity index (χ2v) is 7.25. The Balaban J connectivity index is 2.54. The summed E-state index contributed by atoms with van der Waals surface area (Å²) in [6, 6.07) is -0.765. The molecule has 9 heteroatoms. The maximum Gasteiger partial charge on any atom is 0.328 e. The third-order valence-corrected chi connectivity index (χ3v) is 5.06. The first-order chi connectivity index (χ1) is 13.2. The van der Waals surface area contributed by atoms with Crippen LogP contribution in [-0.4, -0.2) is 53.8 Å². The molecular formula is C19H29N3O5S. The average Bonchev–Trinajstić information content (AvgIpc) is 2.68. The van der Waals surface area contributed by atoms with Crippen molar-refractivity contribution in [1.82, 2.24) is 15.3 Å². The summed E-state index contributed by atoms with van der Waals surface area (Å²) in [4.78, 5) is 44.6. The van der Waals surface area contributed by atoms with Crippen LogP contribution in [0.15, 0.2) is 5.16 Å². The van der Waals surface area contributed by atoms with E-state index in [9.17, 15) is 14.4 Å². The Labute approximate surface area is 170 Å². The lowest BCUT2D eigenvalue weighted by Crippen LogP contribution is -2.47. The molecule has 1 aromatic heterocycles. The highest BCUT2D eigenvalue weighted by molar-refractivity contribution is 7.98. The van der Waals surface area contributed by atoms with Gasteiger partial charge in [0.2, 0.25) is 0 Å². The molecule has 2 atom stereocenters. The number of aryl methyl sites for hydroxylation is 2. The lowest BCUT2D eigenvalue weighted by Gasteiger charge is -2.21. The van der Waals surface area contributed by atoms with Crippen LogP contribution in [-0.2, 0) is 30.3 Å². The van der Waals surface area contributed by atoms with Crippen LogP contribution >= 0.6 is 11.8 Å². The quantitative estimate of drug-likeness (QED) is 0.354. The van der Waals surface area contributed by atoms with Crippen LogP contribution < -0.4 is 5.32 Å². The SMILES string of the molecule is CC[C@H](C)[C@H](NC(=O)COC(=O)CCc1c(C)nc(SC)nc1C)C(=O)OC. The maximum absolute atomic E-state index is 12.0. The topological polar surface area (TPSA) is 107 Å². The number of hydrogen-bond donors (Lipinski definition) is 1. The Hall–Kier alpha value is -2.16. The van der Waals surface area contributed by atoms with E-state index in [4.69, 9.17) is 9.47 Å². The Bertz CT molecular complexity index is 688. The molecule has 0 unspecified atom stereocenters. The van der Waals surface area contributed by atoms with Gasteiger partial charge in [-0.3, -0.25) is 9.59 Å². The fourth-order valence-electron chi connectivity index (χ4n) is 2.62. The van der Waals surface area contributed by atoms with Gasteiger partial charge in [0.25, 0.3) is 5.91 Å². The van der Waals surface area contributed by atoms with Crippen LogP contribution in [0.4, 0.5) is 0 Å². The van der Waals surface area contributed by atoms with Crippen molar-refractivity contribution in [2.75, 3.05) is 20.0 Å². The number of thioether (sulfide) groups is 1. The van der Waals surface area contributed by atoms with Crippen LogP contribution in [0, 0.1) is 19.8 Å². The first-order valence-electron chi connectivity index (χ1n) is 9.14. The number of amides is 1. The summed E-state index contributed by atoms with van der Waals surface area (Å²) < 4.78 is 9.74. The van der Waals surface area contributed by atoms with E-state index in [2.05, 4.69) is 15.3 Å². The number of esters is 2. The summed E-state index contributed by atoms with van der Waals surface area (Å²) >= 11 is 1.46. The molecule has 8 nitrogen and oxygen atoms in total. The number of ether oxygens (including phenoxy) is 2. The van der Waals surface area contributed by atoms with Gasteiger partial charge < -0.3 is 14.8 Å². The monoisotopic (exact) mass is 411 g/mol. The molecule has 0 aromatic carbocycles. The first-order valence-corrected chi connectivity index (χ1v) is 10.4. The molecular weight excluding hydrogens is 382 g/mol. The summed E-state index contributed by atoms with van der Waals surface area (Å²) in [5.74, 6) is -1.65. The number of carbonyl (C=O) groups excluding carboxylic acids is 3. The predicted octanol–water partition coefficient (Wildman–Crippen LogP) is 2.00. The van der Waals surface area contributed by atoms with Crippen LogP contribution in [0.25, 0.3) is 0 Å². The number of methoxy groups -OCH3 is 1. The molecule has 1 rings (SSSR count). The molecule has 1 amide bonds. The van der Waals surface area contributed by atoms with E-state index in [-0.39, 0.29) is 12.3 Å². The zero-order chi connectivity index (χ0) is 21.3. The molecule has 0 saturated carbocycles. The highest BCUT2D eigenvalue weighted by Crippen LogP contribution is 2.17. The van der Waals surface area contributed by atoms with Gasteiger partial charge in [0, 0.05) is 17.8 Å². The third kappa shape index (κ3) is 7.10. The number of carbonyl (C=O) groups is 3. The Morgan fingerprint density at radius 2 is 1.79 bits per heavy atom. The number of aromatic nitrogens is 2. The van der Waals surface area contributed by atoms with E-state index in [1.54, 1.807) is 0 Å². The van der Waals surface area contributed by atoms with Gasteiger partial charge in [-0.1, -0.05) is 32.0 Å².